The lowest BCUT2D eigenvalue weighted by molar-refractivity contribution is 0.0636. The summed E-state index contributed by atoms with van der Waals surface area (Å²) >= 11 is 1.21. The summed E-state index contributed by atoms with van der Waals surface area (Å²) in [6.45, 7) is 1.85. The van der Waals surface area contributed by atoms with Crippen molar-refractivity contribution in [2.75, 3.05) is 32.5 Å². The molecule has 136 valence electrons. The van der Waals surface area contributed by atoms with Crippen LogP contribution in [0.1, 0.15) is 28.1 Å². The summed E-state index contributed by atoms with van der Waals surface area (Å²) in [5.74, 6) is 1.34. The molecule has 1 unspecified atom stereocenters. The molecule has 1 fully saturated rings. The van der Waals surface area contributed by atoms with E-state index < -0.39 is 0 Å². The van der Waals surface area contributed by atoms with Crippen molar-refractivity contribution in [3.8, 4) is 17.6 Å². The van der Waals surface area contributed by atoms with E-state index in [9.17, 15) is 4.79 Å². The third-order valence-corrected chi connectivity index (χ3v) is 5.12. The van der Waals surface area contributed by atoms with E-state index >= 15 is 0 Å². The van der Waals surface area contributed by atoms with Gasteiger partial charge in [0.25, 0.3) is 5.91 Å². The molecule has 0 saturated carbocycles. The molecule has 7 nitrogen and oxygen atoms in total. The first-order valence-corrected chi connectivity index (χ1v) is 9.14. The number of carbonyl (C=O) groups is 1. The monoisotopic (exact) mass is 372 g/mol. The number of methoxy groups -OCH3 is 1. The van der Waals surface area contributed by atoms with Crippen molar-refractivity contribution in [2.45, 2.75) is 12.8 Å². The molecule has 1 amide bonds. The summed E-state index contributed by atoms with van der Waals surface area (Å²) in [6.07, 6.45) is 3.45. The van der Waals surface area contributed by atoms with Gasteiger partial charge < -0.3 is 20.1 Å². The Morgan fingerprint density at radius 1 is 1.50 bits per heavy atom. The van der Waals surface area contributed by atoms with Crippen LogP contribution in [0.2, 0.25) is 0 Å². The van der Waals surface area contributed by atoms with Gasteiger partial charge in [-0.25, -0.2) is 4.98 Å². The fourth-order valence-electron chi connectivity index (χ4n) is 2.99. The zero-order chi connectivity index (χ0) is 18.5. The standard InChI is InChI=1S/C18H20N4O3S/c1-24-15-7-12(8-19)4-5-14(15)25-11-13-3-2-6-22(10-13)17(23)16-9-21-18(20)26-16/h4-5,7,9,13H,2-3,6,10-11H2,1H3,(H2,20,21). The highest BCUT2D eigenvalue weighted by molar-refractivity contribution is 7.17. The summed E-state index contributed by atoms with van der Waals surface area (Å²) in [5.41, 5.74) is 6.14. The predicted octanol–water partition coefficient (Wildman–Crippen LogP) is 2.54. The minimum absolute atomic E-state index is 0.0279. The van der Waals surface area contributed by atoms with Crippen LogP contribution in [-0.4, -0.2) is 42.6 Å². The van der Waals surface area contributed by atoms with Crippen LogP contribution in [-0.2, 0) is 0 Å². The second-order valence-corrected chi connectivity index (χ2v) is 7.17. The Bertz CT molecular complexity index is 830. The summed E-state index contributed by atoms with van der Waals surface area (Å²) in [5, 5.41) is 9.36. The van der Waals surface area contributed by atoms with E-state index in [1.165, 1.54) is 17.5 Å². The first-order valence-electron chi connectivity index (χ1n) is 8.32. The lowest BCUT2D eigenvalue weighted by atomic mass is 9.99. The van der Waals surface area contributed by atoms with Crippen LogP contribution in [0.25, 0.3) is 0 Å². The van der Waals surface area contributed by atoms with E-state index in [4.69, 9.17) is 20.5 Å². The largest absolute Gasteiger partial charge is 0.493 e. The second-order valence-electron chi connectivity index (χ2n) is 6.11. The second kappa shape index (κ2) is 8.06. The van der Waals surface area contributed by atoms with Gasteiger partial charge in [-0.3, -0.25) is 4.79 Å². The lowest BCUT2D eigenvalue weighted by Crippen LogP contribution is -2.41. The van der Waals surface area contributed by atoms with Crippen molar-refractivity contribution in [1.29, 1.82) is 5.26 Å². The van der Waals surface area contributed by atoms with Gasteiger partial charge >= 0.3 is 0 Å². The summed E-state index contributed by atoms with van der Waals surface area (Å²) in [6, 6.07) is 7.17. The number of amides is 1. The highest BCUT2D eigenvalue weighted by Gasteiger charge is 2.26. The number of nitrogens with zero attached hydrogens (tertiary/aromatic N) is 3. The van der Waals surface area contributed by atoms with Crippen molar-refractivity contribution >= 4 is 22.4 Å². The molecule has 1 saturated heterocycles. The summed E-state index contributed by atoms with van der Waals surface area (Å²) in [4.78, 5) is 18.9. The topological polar surface area (TPSA) is 101 Å². The molecule has 0 bridgehead atoms. The average molecular weight is 372 g/mol. The normalized spacial score (nSPS) is 16.8. The Morgan fingerprint density at radius 2 is 2.35 bits per heavy atom. The Hall–Kier alpha value is -2.79. The summed E-state index contributed by atoms with van der Waals surface area (Å²) < 4.78 is 11.2. The van der Waals surface area contributed by atoms with E-state index in [0.717, 1.165) is 19.4 Å². The van der Waals surface area contributed by atoms with Gasteiger partial charge in [-0.2, -0.15) is 5.26 Å². The van der Waals surface area contributed by atoms with Crippen molar-refractivity contribution in [3.63, 3.8) is 0 Å². The molecule has 1 aliphatic heterocycles. The quantitative estimate of drug-likeness (QED) is 0.865. The molecule has 2 N–H and O–H groups in total. The molecular formula is C18H20N4O3S. The van der Waals surface area contributed by atoms with Crippen LogP contribution in [0.4, 0.5) is 5.13 Å². The molecule has 1 aliphatic rings. The maximum absolute atomic E-state index is 12.6. The number of carbonyl (C=O) groups excluding carboxylic acids is 1. The van der Waals surface area contributed by atoms with Crippen LogP contribution in [0.3, 0.4) is 0 Å². The van der Waals surface area contributed by atoms with Gasteiger partial charge in [-0.15, -0.1) is 0 Å². The van der Waals surface area contributed by atoms with E-state index in [2.05, 4.69) is 11.1 Å². The fraction of sp³-hybridized carbons (Fsp3) is 0.389. The first-order chi connectivity index (χ1) is 12.6. The number of ether oxygens (including phenoxy) is 2. The van der Waals surface area contributed by atoms with E-state index in [1.54, 1.807) is 25.3 Å². The molecule has 2 aromatic rings. The number of hydrogen-bond donors (Lipinski definition) is 1. The molecule has 1 atom stereocenters. The molecule has 2 heterocycles. The van der Waals surface area contributed by atoms with Gasteiger partial charge in [0.1, 0.15) is 4.88 Å². The van der Waals surface area contributed by atoms with Gasteiger partial charge in [0.05, 0.1) is 31.5 Å². The molecule has 1 aromatic carbocycles. The van der Waals surface area contributed by atoms with Crippen molar-refractivity contribution in [2.24, 2.45) is 5.92 Å². The van der Waals surface area contributed by atoms with Crippen LogP contribution in [0.15, 0.2) is 24.4 Å². The number of nitriles is 1. The van der Waals surface area contributed by atoms with Crippen LogP contribution in [0.5, 0.6) is 11.5 Å². The average Bonchev–Trinajstić information content (AvgIpc) is 3.12. The fourth-order valence-corrected chi connectivity index (χ4v) is 3.64. The number of thiazole rings is 1. The number of benzene rings is 1. The van der Waals surface area contributed by atoms with Crippen LogP contribution in [0, 0.1) is 17.2 Å². The minimum Gasteiger partial charge on any atom is -0.493 e. The zero-order valence-corrected chi connectivity index (χ0v) is 15.3. The lowest BCUT2D eigenvalue weighted by Gasteiger charge is -2.32. The molecular weight excluding hydrogens is 352 g/mol. The third-order valence-electron chi connectivity index (χ3n) is 4.31. The minimum atomic E-state index is -0.0279. The van der Waals surface area contributed by atoms with Crippen molar-refractivity contribution in [1.82, 2.24) is 9.88 Å². The molecule has 1 aromatic heterocycles. The van der Waals surface area contributed by atoms with E-state index in [1.807, 2.05) is 4.90 Å². The third kappa shape index (κ3) is 4.06. The van der Waals surface area contributed by atoms with Gasteiger partial charge in [0.15, 0.2) is 16.6 Å². The van der Waals surface area contributed by atoms with Gasteiger partial charge in [0, 0.05) is 25.1 Å². The first kappa shape index (κ1) is 18.0. The molecule has 26 heavy (non-hydrogen) atoms. The summed E-state index contributed by atoms with van der Waals surface area (Å²) in [7, 11) is 1.55. The Balaban J connectivity index is 1.60. The SMILES string of the molecule is COc1cc(C#N)ccc1OCC1CCCN(C(=O)c2cnc(N)s2)C1. The number of aromatic nitrogens is 1. The number of likely N-dealkylation sites (tertiary alicyclic amines) is 1. The zero-order valence-electron chi connectivity index (χ0n) is 14.5. The Labute approximate surface area is 156 Å². The maximum atomic E-state index is 12.6. The number of hydrogen-bond acceptors (Lipinski definition) is 7. The molecule has 0 aliphatic carbocycles. The number of anilines is 1. The number of nitrogen functional groups attached to an aromatic ring is 1. The van der Waals surface area contributed by atoms with Crippen molar-refractivity contribution in [3.05, 3.63) is 34.8 Å². The maximum Gasteiger partial charge on any atom is 0.265 e. The predicted molar refractivity (Wildman–Crippen MR) is 98.4 cm³/mol. The van der Waals surface area contributed by atoms with Gasteiger partial charge in [-0.1, -0.05) is 11.3 Å². The number of rotatable bonds is 5. The van der Waals surface area contributed by atoms with Crippen LogP contribution < -0.4 is 15.2 Å². The van der Waals surface area contributed by atoms with E-state index in [0.29, 0.717) is 40.2 Å². The van der Waals surface area contributed by atoms with Crippen LogP contribution >= 0.6 is 11.3 Å². The molecule has 8 heteroatoms. The highest BCUT2D eigenvalue weighted by atomic mass is 32.1. The number of piperidine rings is 1. The molecule has 0 spiro atoms. The van der Waals surface area contributed by atoms with Crippen molar-refractivity contribution < 1.29 is 14.3 Å². The van der Waals surface area contributed by atoms with Gasteiger partial charge in [0.2, 0.25) is 0 Å². The smallest absolute Gasteiger partial charge is 0.265 e. The highest BCUT2D eigenvalue weighted by Crippen LogP contribution is 2.29. The Morgan fingerprint density at radius 3 is 3.04 bits per heavy atom. The van der Waals surface area contributed by atoms with Gasteiger partial charge in [-0.05, 0) is 25.0 Å². The van der Waals surface area contributed by atoms with E-state index in [-0.39, 0.29) is 11.8 Å². The Kier molecular flexibility index (Phi) is 5.58. The molecule has 0 radical (unpaired) electrons. The number of nitrogens with two attached hydrogens (primary N) is 1. The molecule has 3 rings (SSSR count).